The number of carbonyl (C=O) groups is 2. The van der Waals surface area contributed by atoms with E-state index in [1.807, 2.05) is 0 Å². The third-order valence-electron chi connectivity index (χ3n) is 2.99. The molecule has 1 amide bonds. The van der Waals surface area contributed by atoms with Crippen LogP contribution in [0.15, 0.2) is 16.6 Å². The molecule has 0 radical (unpaired) electrons. The van der Waals surface area contributed by atoms with Gasteiger partial charge >= 0.3 is 5.97 Å². The van der Waals surface area contributed by atoms with Crippen molar-refractivity contribution in [2.24, 2.45) is 5.92 Å². The highest BCUT2D eigenvalue weighted by atomic mass is 79.9. The van der Waals surface area contributed by atoms with Gasteiger partial charge in [0.2, 0.25) is 5.91 Å². The standard InChI is InChI=1S/C12H11BrFNO4/c1-19-10-3-7(13)8(14)4-9(10)15-5-6(12(17)18)2-11(15)16/h3-4,6H,2,5H2,1H3,(H,17,18). The number of aliphatic carboxylic acids is 1. The van der Waals surface area contributed by atoms with E-state index in [4.69, 9.17) is 9.84 Å². The van der Waals surface area contributed by atoms with Crippen LogP contribution in [0.5, 0.6) is 5.75 Å². The Kier molecular flexibility index (Phi) is 3.75. The molecule has 19 heavy (non-hydrogen) atoms. The van der Waals surface area contributed by atoms with Gasteiger partial charge in [-0.05, 0) is 22.0 Å². The summed E-state index contributed by atoms with van der Waals surface area (Å²) in [6.07, 6.45) is -0.0871. The SMILES string of the molecule is COc1cc(Br)c(F)cc1N1CC(C(=O)O)CC1=O. The lowest BCUT2D eigenvalue weighted by Crippen LogP contribution is -2.26. The zero-order valence-electron chi connectivity index (χ0n) is 10.0. The van der Waals surface area contributed by atoms with Gasteiger partial charge in [-0.2, -0.15) is 0 Å². The topological polar surface area (TPSA) is 66.8 Å². The Balaban J connectivity index is 2.39. The fraction of sp³-hybridized carbons (Fsp3) is 0.333. The maximum absolute atomic E-state index is 13.6. The number of amides is 1. The number of benzene rings is 1. The molecule has 5 nitrogen and oxygen atoms in total. The number of ether oxygens (including phenoxy) is 1. The van der Waals surface area contributed by atoms with E-state index < -0.39 is 17.7 Å². The molecular weight excluding hydrogens is 321 g/mol. The van der Waals surface area contributed by atoms with Crippen LogP contribution >= 0.6 is 15.9 Å². The van der Waals surface area contributed by atoms with Crippen LogP contribution in [0.25, 0.3) is 0 Å². The number of methoxy groups -OCH3 is 1. The van der Waals surface area contributed by atoms with Crippen LogP contribution in [0.1, 0.15) is 6.42 Å². The Morgan fingerprint density at radius 1 is 1.58 bits per heavy atom. The minimum Gasteiger partial charge on any atom is -0.495 e. The van der Waals surface area contributed by atoms with Gasteiger partial charge in [0.15, 0.2) is 0 Å². The fourth-order valence-corrected chi connectivity index (χ4v) is 2.32. The fourth-order valence-electron chi connectivity index (χ4n) is 2.00. The molecule has 1 heterocycles. The van der Waals surface area contributed by atoms with Crippen molar-refractivity contribution in [1.82, 2.24) is 0 Å². The van der Waals surface area contributed by atoms with Gasteiger partial charge in [-0.25, -0.2) is 4.39 Å². The lowest BCUT2D eigenvalue weighted by Gasteiger charge is -2.19. The summed E-state index contributed by atoms with van der Waals surface area (Å²) in [6.45, 7) is 0.0194. The van der Waals surface area contributed by atoms with Crippen molar-refractivity contribution in [1.29, 1.82) is 0 Å². The van der Waals surface area contributed by atoms with Gasteiger partial charge in [0.25, 0.3) is 0 Å². The van der Waals surface area contributed by atoms with E-state index >= 15 is 0 Å². The first-order valence-electron chi connectivity index (χ1n) is 5.50. The molecule has 1 fully saturated rings. The number of halogens is 2. The molecular formula is C12H11BrFNO4. The minimum atomic E-state index is -1.03. The summed E-state index contributed by atoms with van der Waals surface area (Å²) in [6, 6.07) is 2.57. The second kappa shape index (κ2) is 5.16. The van der Waals surface area contributed by atoms with E-state index in [1.54, 1.807) is 0 Å². The number of hydrogen-bond acceptors (Lipinski definition) is 3. The summed E-state index contributed by atoms with van der Waals surface area (Å²) >= 11 is 3.03. The third kappa shape index (κ3) is 2.56. The molecule has 1 saturated heterocycles. The first kappa shape index (κ1) is 13.8. The second-order valence-electron chi connectivity index (χ2n) is 4.18. The van der Waals surface area contributed by atoms with Crippen LogP contribution in [-0.2, 0) is 9.59 Å². The number of carboxylic acids is 1. The van der Waals surface area contributed by atoms with Crippen LogP contribution in [0, 0.1) is 11.7 Å². The van der Waals surface area contributed by atoms with Crippen LogP contribution in [-0.4, -0.2) is 30.6 Å². The van der Waals surface area contributed by atoms with Crippen LogP contribution in [0.4, 0.5) is 10.1 Å². The molecule has 0 aromatic heterocycles. The Morgan fingerprint density at radius 3 is 2.79 bits per heavy atom. The van der Waals surface area contributed by atoms with Crippen molar-refractivity contribution >= 4 is 33.5 Å². The molecule has 1 aliphatic heterocycles. The van der Waals surface area contributed by atoms with Gasteiger partial charge in [-0.15, -0.1) is 0 Å². The van der Waals surface area contributed by atoms with E-state index in [0.717, 1.165) is 6.07 Å². The van der Waals surface area contributed by atoms with Crippen molar-refractivity contribution in [2.75, 3.05) is 18.6 Å². The summed E-state index contributed by atoms with van der Waals surface area (Å²) in [7, 11) is 1.40. The lowest BCUT2D eigenvalue weighted by molar-refractivity contribution is -0.141. The van der Waals surface area contributed by atoms with E-state index in [0.29, 0.717) is 5.75 Å². The quantitative estimate of drug-likeness (QED) is 0.920. The molecule has 1 atom stereocenters. The molecule has 1 aliphatic rings. The molecule has 1 unspecified atom stereocenters. The number of carbonyl (C=O) groups excluding carboxylic acids is 1. The molecule has 102 valence electrons. The van der Waals surface area contributed by atoms with Gasteiger partial charge in [0, 0.05) is 19.0 Å². The van der Waals surface area contributed by atoms with Crippen LogP contribution in [0.3, 0.4) is 0 Å². The predicted molar refractivity (Wildman–Crippen MR) is 68.7 cm³/mol. The average molecular weight is 332 g/mol. The molecule has 2 rings (SSSR count). The Morgan fingerprint density at radius 2 is 2.26 bits per heavy atom. The lowest BCUT2D eigenvalue weighted by atomic mass is 10.1. The number of anilines is 1. The molecule has 0 bridgehead atoms. The van der Waals surface area contributed by atoms with Crippen LogP contribution < -0.4 is 9.64 Å². The van der Waals surface area contributed by atoms with E-state index in [9.17, 15) is 14.0 Å². The van der Waals surface area contributed by atoms with Gasteiger partial charge in [0.05, 0.1) is 23.2 Å². The van der Waals surface area contributed by atoms with E-state index in [2.05, 4.69) is 15.9 Å². The van der Waals surface area contributed by atoms with Crippen molar-refractivity contribution in [3.05, 3.63) is 22.4 Å². The summed E-state index contributed by atoms with van der Waals surface area (Å²) in [5.74, 6) is -2.39. The van der Waals surface area contributed by atoms with Crippen molar-refractivity contribution in [2.45, 2.75) is 6.42 Å². The molecule has 0 spiro atoms. The number of rotatable bonds is 3. The van der Waals surface area contributed by atoms with E-state index in [1.165, 1.54) is 18.1 Å². The van der Waals surface area contributed by atoms with Gasteiger partial charge in [-0.1, -0.05) is 0 Å². The second-order valence-corrected chi connectivity index (χ2v) is 5.04. The van der Waals surface area contributed by atoms with Crippen molar-refractivity contribution < 1.29 is 23.8 Å². The van der Waals surface area contributed by atoms with Crippen molar-refractivity contribution in [3.63, 3.8) is 0 Å². The summed E-state index contributed by atoms with van der Waals surface area (Å²) < 4.78 is 18.9. The Hall–Kier alpha value is -1.63. The van der Waals surface area contributed by atoms with Gasteiger partial charge in [0.1, 0.15) is 11.6 Å². The molecule has 0 aliphatic carbocycles. The third-order valence-corrected chi connectivity index (χ3v) is 3.59. The Bertz CT molecular complexity index is 549. The maximum atomic E-state index is 13.6. The highest BCUT2D eigenvalue weighted by Crippen LogP contribution is 2.36. The zero-order valence-corrected chi connectivity index (χ0v) is 11.6. The number of nitrogens with zero attached hydrogens (tertiary/aromatic N) is 1. The Labute approximate surface area is 117 Å². The normalized spacial score (nSPS) is 18.8. The summed E-state index contributed by atoms with van der Waals surface area (Å²) in [5.41, 5.74) is 0.247. The zero-order chi connectivity index (χ0) is 14.2. The first-order valence-corrected chi connectivity index (χ1v) is 6.29. The van der Waals surface area contributed by atoms with E-state index in [-0.39, 0.29) is 29.0 Å². The first-order chi connectivity index (χ1) is 8.93. The number of carboxylic acid groups (broad SMARTS) is 1. The van der Waals surface area contributed by atoms with Crippen molar-refractivity contribution in [3.8, 4) is 5.75 Å². The molecule has 7 heteroatoms. The number of hydrogen-bond donors (Lipinski definition) is 1. The van der Waals surface area contributed by atoms with Gasteiger partial charge < -0.3 is 14.7 Å². The predicted octanol–water partition coefficient (Wildman–Crippen LogP) is 2.03. The molecule has 1 N–H and O–H groups in total. The largest absolute Gasteiger partial charge is 0.495 e. The highest BCUT2D eigenvalue weighted by Gasteiger charge is 2.36. The minimum absolute atomic E-state index is 0.0194. The molecule has 1 aromatic carbocycles. The highest BCUT2D eigenvalue weighted by molar-refractivity contribution is 9.10. The molecule has 1 aromatic rings. The molecule has 0 saturated carbocycles. The maximum Gasteiger partial charge on any atom is 0.308 e. The summed E-state index contributed by atoms with van der Waals surface area (Å²) in [4.78, 5) is 24.0. The average Bonchev–Trinajstić information content (AvgIpc) is 2.74. The summed E-state index contributed by atoms with van der Waals surface area (Å²) in [5, 5.41) is 8.93. The van der Waals surface area contributed by atoms with Gasteiger partial charge in [-0.3, -0.25) is 9.59 Å². The smallest absolute Gasteiger partial charge is 0.308 e. The monoisotopic (exact) mass is 331 g/mol. The van der Waals surface area contributed by atoms with Crippen LogP contribution in [0.2, 0.25) is 0 Å².